The van der Waals surface area contributed by atoms with E-state index in [1.807, 2.05) is 42.4 Å². The number of nitrogens with one attached hydrogen (secondary N) is 2. The predicted octanol–water partition coefficient (Wildman–Crippen LogP) is 12.4. The van der Waals surface area contributed by atoms with Crippen molar-refractivity contribution in [2.45, 2.75) is 107 Å². The molecule has 3 fully saturated rings. The van der Waals surface area contributed by atoms with Crippen LogP contribution in [0.5, 0.6) is 0 Å². The number of imidazole rings is 1. The van der Waals surface area contributed by atoms with Crippen molar-refractivity contribution in [2.75, 3.05) is 64.4 Å². The summed E-state index contributed by atoms with van der Waals surface area (Å²) in [5.41, 5.74) is 16.9. The maximum atomic E-state index is 12.8. The molecule has 7 heterocycles. The van der Waals surface area contributed by atoms with Gasteiger partial charge >= 0.3 is 0 Å². The van der Waals surface area contributed by atoms with Gasteiger partial charge in [0, 0.05) is 116 Å². The number of hydrogen-bond donors (Lipinski definition) is 2. The first-order chi connectivity index (χ1) is 43.2. The number of fused-ring (bicyclic) bond motifs is 4. The van der Waals surface area contributed by atoms with Crippen molar-refractivity contribution in [3.8, 4) is 0 Å². The van der Waals surface area contributed by atoms with Gasteiger partial charge in [-0.15, -0.1) is 0 Å². The zero-order valence-electron chi connectivity index (χ0n) is 52.6. The molecule has 14 rings (SSSR count). The Labute approximate surface area is 533 Å². The van der Waals surface area contributed by atoms with Crippen LogP contribution in [-0.2, 0) is 59.7 Å². The highest BCUT2D eigenvalue weighted by molar-refractivity contribution is 7.97. The summed E-state index contributed by atoms with van der Waals surface area (Å²) in [6.07, 6.45) is 24.8. The third-order valence-corrected chi connectivity index (χ3v) is 25.9. The number of piperidine rings is 3. The maximum absolute atomic E-state index is 12.8. The van der Waals surface area contributed by atoms with E-state index >= 15 is 0 Å². The summed E-state index contributed by atoms with van der Waals surface area (Å²) in [6, 6.07) is 39.0. The molecule has 1 atom stereocenters. The SMILES string of the molecule is C=S(C)(=O)N1CCC(c2c[nH]c3ccccc23)CC1.CCCS(=O)(=O)N1CC=C(C2=CCc3cc(C)ccc32)CC1.Cc1ccc(S(=O)(=O)N2CCC(C3=CCc4ccccc43)CC2)cc1.Cn1cnc(S(=O)(=O)N2CCC(c3c[nH]c4ccccc34)CC2)c1. The molecule has 90 heavy (non-hydrogen) atoms. The van der Waals surface area contributed by atoms with Crippen molar-refractivity contribution in [1.82, 2.24) is 36.7 Å². The highest BCUT2D eigenvalue weighted by Gasteiger charge is 2.35. The van der Waals surface area contributed by atoms with Gasteiger partial charge in [-0.3, -0.25) is 4.21 Å². The molecular formula is C71H86N8O7S4. The van der Waals surface area contributed by atoms with Crippen molar-refractivity contribution in [2.24, 2.45) is 13.0 Å². The number of aromatic nitrogens is 4. The van der Waals surface area contributed by atoms with Crippen LogP contribution in [0.25, 0.3) is 33.0 Å². The lowest BCUT2D eigenvalue weighted by atomic mass is 9.87. The second kappa shape index (κ2) is 27.6. The molecule has 0 amide bonds. The van der Waals surface area contributed by atoms with Gasteiger partial charge < -0.3 is 14.5 Å². The fourth-order valence-corrected chi connectivity index (χ4v) is 19.1. The Bertz CT molecular complexity index is 4420. The average Bonchev–Trinajstić information content (AvgIpc) is 2.17. The van der Waals surface area contributed by atoms with E-state index < -0.39 is 39.8 Å². The molecule has 0 radical (unpaired) electrons. The number of hydrogen-bond acceptors (Lipinski definition) is 8. The highest BCUT2D eigenvalue weighted by atomic mass is 32.2. The predicted molar refractivity (Wildman–Crippen MR) is 367 cm³/mol. The molecular weight excluding hydrogens is 1210 g/mol. The maximum Gasteiger partial charge on any atom is 0.262 e. The Morgan fingerprint density at radius 2 is 1.11 bits per heavy atom. The highest BCUT2D eigenvalue weighted by Crippen LogP contribution is 2.41. The summed E-state index contributed by atoms with van der Waals surface area (Å²) in [4.78, 5) is 11.1. The molecule has 0 bridgehead atoms. The van der Waals surface area contributed by atoms with Crippen LogP contribution in [0.4, 0.5) is 0 Å². The lowest BCUT2D eigenvalue weighted by Crippen LogP contribution is -2.38. The molecule has 6 aliphatic rings. The first-order valence-corrected chi connectivity index (χ1v) is 38.3. The Balaban J connectivity index is 0.000000124. The Morgan fingerprint density at radius 1 is 0.567 bits per heavy atom. The van der Waals surface area contributed by atoms with E-state index in [2.05, 4.69) is 137 Å². The third kappa shape index (κ3) is 14.5. The molecule has 0 saturated carbocycles. The number of nitrogens with zero attached hydrogens (tertiary/aromatic N) is 6. The first kappa shape index (κ1) is 64.8. The monoisotopic (exact) mass is 1290 g/mol. The fourth-order valence-electron chi connectivity index (χ4n) is 13.8. The third-order valence-electron chi connectivity index (χ3n) is 18.7. The summed E-state index contributed by atoms with van der Waals surface area (Å²) >= 11 is 0. The Morgan fingerprint density at radius 3 is 1.68 bits per heavy atom. The lowest BCUT2D eigenvalue weighted by molar-refractivity contribution is 0.311. The lowest BCUT2D eigenvalue weighted by Gasteiger charge is -2.32. The molecule has 5 aromatic carbocycles. The number of H-pyrrole nitrogens is 2. The zero-order chi connectivity index (χ0) is 63.4. The van der Waals surface area contributed by atoms with Crippen molar-refractivity contribution >= 4 is 78.6 Å². The van der Waals surface area contributed by atoms with E-state index in [1.165, 1.54) is 78.3 Å². The van der Waals surface area contributed by atoms with Gasteiger partial charge in [-0.1, -0.05) is 127 Å². The van der Waals surface area contributed by atoms with E-state index in [0.717, 1.165) is 82.0 Å². The molecule has 2 N–H and O–H groups in total. The normalized spacial score (nSPS) is 19.1. The molecule has 4 aliphatic heterocycles. The molecule has 0 spiro atoms. The van der Waals surface area contributed by atoms with Crippen molar-refractivity contribution in [3.05, 3.63) is 208 Å². The number of benzene rings is 5. The summed E-state index contributed by atoms with van der Waals surface area (Å²) < 4.78 is 95.7. The molecule has 2 aliphatic carbocycles. The van der Waals surface area contributed by atoms with Gasteiger partial charge in [-0.25, -0.2) is 34.5 Å². The van der Waals surface area contributed by atoms with Crippen LogP contribution in [-0.4, -0.2) is 136 Å². The van der Waals surface area contributed by atoms with Gasteiger partial charge in [-0.05, 0) is 176 Å². The minimum Gasteiger partial charge on any atom is -0.361 e. The first-order valence-electron chi connectivity index (χ1n) is 31.7. The summed E-state index contributed by atoms with van der Waals surface area (Å²) in [6.45, 7) is 11.1. The van der Waals surface area contributed by atoms with Crippen molar-refractivity contribution < 1.29 is 29.5 Å². The van der Waals surface area contributed by atoms with Crippen LogP contribution in [0.3, 0.4) is 0 Å². The van der Waals surface area contributed by atoms with Crippen LogP contribution in [0.1, 0.15) is 115 Å². The minimum atomic E-state index is -3.48. The average molecular weight is 1290 g/mol. The van der Waals surface area contributed by atoms with E-state index in [4.69, 9.17) is 0 Å². The molecule has 1 unspecified atom stereocenters. The van der Waals surface area contributed by atoms with E-state index in [1.54, 1.807) is 49.1 Å². The Kier molecular flexibility index (Phi) is 19.9. The molecule has 3 saturated heterocycles. The zero-order valence-corrected chi connectivity index (χ0v) is 55.8. The molecule has 19 heteroatoms. The van der Waals surface area contributed by atoms with Gasteiger partial charge in [-0.2, -0.15) is 12.9 Å². The quantitative estimate of drug-likeness (QED) is 0.113. The summed E-state index contributed by atoms with van der Waals surface area (Å²) in [7, 11) is -10.2. The molecule has 8 aromatic rings. The van der Waals surface area contributed by atoms with Crippen molar-refractivity contribution in [1.29, 1.82) is 0 Å². The molecule has 15 nitrogen and oxygen atoms in total. The topological polar surface area (TPSA) is 182 Å². The fraction of sp³-hybridized carbons (Fsp3) is 0.380. The van der Waals surface area contributed by atoms with Crippen LogP contribution >= 0.6 is 0 Å². The standard InChI is InChI=1S/C21H23NO2S.C18H23NO2S.C17H20N4O2S.C15H20N2OS/c1-16-6-9-19(10-7-16)25(23,24)22-14-12-18(13-15-22)21-11-8-17-4-2-3-5-20(17)21;1-3-12-22(20,21)19-10-8-15(9-11-19)17-7-5-16-13-14(2)4-6-18(16)17;1-20-11-17(19-12-20)24(22,23)21-8-6-13(7-9-21)15-10-18-16-5-3-2-4-14(15)16;1-19(2,18)17-9-7-12(8-10-17)14-11-16-15-6-4-3-5-13(14)15/h2-7,9-11,18H,8,12-15H2,1H3;4,6-8,13H,3,5,9-12H2,1-2H3;2-5,10-13,18H,6-9H2,1H3;3-6,11-12,16H,1,7-10H2,2H3. The van der Waals surface area contributed by atoms with Crippen LogP contribution in [0.15, 0.2) is 174 Å². The van der Waals surface area contributed by atoms with Gasteiger partial charge in [0.25, 0.3) is 10.0 Å². The molecule has 476 valence electrons. The number of aromatic amines is 2. The Hall–Kier alpha value is -6.68. The second-order valence-electron chi connectivity index (χ2n) is 24.9. The van der Waals surface area contributed by atoms with E-state index in [0.29, 0.717) is 68.3 Å². The van der Waals surface area contributed by atoms with Gasteiger partial charge in [0.05, 0.1) is 17.0 Å². The number of sulfonamides is 3. The number of rotatable bonds is 12. The molecule has 3 aromatic heterocycles. The van der Waals surface area contributed by atoms with Crippen molar-refractivity contribution in [3.63, 3.8) is 0 Å². The number of aryl methyl sites for hydroxylation is 3. The minimum absolute atomic E-state index is 0.135. The van der Waals surface area contributed by atoms with Gasteiger partial charge in [0.2, 0.25) is 20.0 Å². The summed E-state index contributed by atoms with van der Waals surface area (Å²) in [5.74, 6) is 5.45. The summed E-state index contributed by atoms with van der Waals surface area (Å²) in [5, 5.41) is 2.70. The number of para-hydroxylation sites is 2. The van der Waals surface area contributed by atoms with Gasteiger partial charge in [0.15, 0.2) is 5.03 Å². The smallest absolute Gasteiger partial charge is 0.262 e. The largest absolute Gasteiger partial charge is 0.361 e. The van der Waals surface area contributed by atoms with Gasteiger partial charge in [0.1, 0.15) is 0 Å². The van der Waals surface area contributed by atoms with Crippen LogP contribution < -0.4 is 0 Å². The van der Waals surface area contributed by atoms with E-state index in [-0.39, 0.29) is 10.8 Å². The number of allylic oxidation sites excluding steroid dienone is 4. The van der Waals surface area contributed by atoms with E-state index in [9.17, 15) is 29.5 Å². The van der Waals surface area contributed by atoms with Crippen LogP contribution in [0, 0.1) is 19.8 Å². The van der Waals surface area contributed by atoms with Crippen LogP contribution in [0.2, 0.25) is 0 Å². The second-order valence-corrected chi connectivity index (χ2v) is 33.3.